The molecule has 2 aromatic rings. The first-order valence-electron chi connectivity index (χ1n) is 5.02. The van der Waals surface area contributed by atoms with Crippen molar-refractivity contribution in [1.29, 1.82) is 0 Å². The summed E-state index contributed by atoms with van der Waals surface area (Å²) in [6.07, 6.45) is -0.121. The molecule has 2 rings (SSSR count). The standard InChI is InChI=1S/C12H6F6/c1-2-4-5(13)3-6(14)8-7(4)9(15)11(17)12(18)10(8)16/h3H,2H2,1H3. The van der Waals surface area contributed by atoms with Crippen LogP contribution >= 0.6 is 0 Å². The quantitative estimate of drug-likeness (QED) is 0.410. The van der Waals surface area contributed by atoms with E-state index in [1.54, 1.807) is 0 Å². The van der Waals surface area contributed by atoms with Gasteiger partial charge in [0.25, 0.3) is 0 Å². The van der Waals surface area contributed by atoms with Crippen LogP contribution in [0, 0.1) is 34.9 Å². The van der Waals surface area contributed by atoms with E-state index in [1.165, 1.54) is 6.92 Å². The molecule has 0 saturated carbocycles. The van der Waals surface area contributed by atoms with Crippen LogP contribution in [0.1, 0.15) is 12.5 Å². The van der Waals surface area contributed by atoms with Crippen molar-refractivity contribution in [2.45, 2.75) is 13.3 Å². The zero-order valence-electron chi connectivity index (χ0n) is 9.05. The lowest BCUT2D eigenvalue weighted by Crippen LogP contribution is -2.04. The van der Waals surface area contributed by atoms with E-state index in [4.69, 9.17) is 0 Å². The smallest absolute Gasteiger partial charge is 0.198 e. The van der Waals surface area contributed by atoms with E-state index in [2.05, 4.69) is 0 Å². The van der Waals surface area contributed by atoms with E-state index >= 15 is 0 Å². The summed E-state index contributed by atoms with van der Waals surface area (Å²) in [5.41, 5.74) is -0.401. The van der Waals surface area contributed by atoms with Crippen molar-refractivity contribution in [3.8, 4) is 0 Å². The summed E-state index contributed by atoms with van der Waals surface area (Å²) < 4.78 is 79.7. The number of rotatable bonds is 1. The van der Waals surface area contributed by atoms with Crippen molar-refractivity contribution in [1.82, 2.24) is 0 Å². The van der Waals surface area contributed by atoms with E-state index < -0.39 is 51.2 Å². The Morgan fingerprint density at radius 2 is 1.22 bits per heavy atom. The fraction of sp³-hybridized carbons (Fsp3) is 0.167. The van der Waals surface area contributed by atoms with Crippen molar-refractivity contribution >= 4 is 10.8 Å². The zero-order chi connectivity index (χ0) is 13.6. The molecule has 0 amide bonds. The molecular weight excluding hydrogens is 258 g/mol. The van der Waals surface area contributed by atoms with Crippen molar-refractivity contribution in [3.05, 3.63) is 46.5 Å². The van der Waals surface area contributed by atoms with E-state index in [1.807, 2.05) is 0 Å². The Bertz CT molecular complexity index is 647. The van der Waals surface area contributed by atoms with Crippen molar-refractivity contribution in [2.24, 2.45) is 0 Å². The molecule has 96 valence electrons. The molecule has 0 nitrogen and oxygen atoms in total. The Morgan fingerprint density at radius 3 is 1.72 bits per heavy atom. The summed E-state index contributed by atoms with van der Waals surface area (Å²) in [5.74, 6) is -10.5. The molecule has 0 fully saturated rings. The minimum Gasteiger partial charge on any atom is -0.207 e. The van der Waals surface area contributed by atoms with Crippen LogP contribution in [0.15, 0.2) is 6.07 Å². The van der Waals surface area contributed by atoms with E-state index in [-0.39, 0.29) is 6.42 Å². The average Bonchev–Trinajstić information content (AvgIpc) is 2.33. The maximum absolute atomic E-state index is 13.5. The molecule has 0 aromatic heterocycles. The molecule has 0 bridgehead atoms. The molecule has 6 heteroatoms. The predicted octanol–water partition coefficient (Wildman–Crippen LogP) is 4.24. The van der Waals surface area contributed by atoms with E-state index in [0.29, 0.717) is 6.07 Å². The first kappa shape index (κ1) is 12.7. The van der Waals surface area contributed by atoms with Gasteiger partial charge >= 0.3 is 0 Å². The molecular formula is C12H6F6. The Hall–Kier alpha value is -1.72. The van der Waals surface area contributed by atoms with Gasteiger partial charge in [0.05, 0.1) is 5.39 Å². The molecule has 0 saturated heterocycles. The first-order valence-corrected chi connectivity index (χ1v) is 5.02. The second-order valence-electron chi connectivity index (χ2n) is 3.68. The molecule has 0 radical (unpaired) electrons. The lowest BCUT2D eigenvalue weighted by atomic mass is 10.00. The topological polar surface area (TPSA) is 0 Å². The van der Waals surface area contributed by atoms with Gasteiger partial charge in [-0.05, 0) is 12.0 Å². The van der Waals surface area contributed by atoms with Crippen LogP contribution in [0.3, 0.4) is 0 Å². The Labute approximate surface area is 97.8 Å². The molecule has 18 heavy (non-hydrogen) atoms. The number of aryl methyl sites for hydroxylation is 1. The normalized spacial score (nSPS) is 11.3. The fourth-order valence-electron chi connectivity index (χ4n) is 1.87. The van der Waals surface area contributed by atoms with E-state index in [0.717, 1.165) is 0 Å². The van der Waals surface area contributed by atoms with Gasteiger partial charge in [-0.1, -0.05) is 6.92 Å². The minimum absolute atomic E-state index is 0.121. The van der Waals surface area contributed by atoms with Gasteiger partial charge in [-0.15, -0.1) is 0 Å². The summed E-state index contributed by atoms with van der Waals surface area (Å²) >= 11 is 0. The van der Waals surface area contributed by atoms with Gasteiger partial charge in [0, 0.05) is 11.5 Å². The monoisotopic (exact) mass is 264 g/mol. The molecule has 0 unspecified atom stereocenters. The Balaban J connectivity index is 3.14. The molecule has 0 spiro atoms. The van der Waals surface area contributed by atoms with Crippen LogP contribution in [-0.4, -0.2) is 0 Å². The second kappa shape index (κ2) is 4.19. The Kier molecular flexibility index (Phi) is 2.96. The van der Waals surface area contributed by atoms with Gasteiger partial charge in [-0.3, -0.25) is 0 Å². The van der Waals surface area contributed by atoms with Gasteiger partial charge in [-0.25, -0.2) is 26.3 Å². The fourth-order valence-corrected chi connectivity index (χ4v) is 1.87. The maximum Gasteiger partial charge on any atom is 0.198 e. The third-order valence-electron chi connectivity index (χ3n) is 2.70. The zero-order valence-corrected chi connectivity index (χ0v) is 9.05. The third kappa shape index (κ3) is 1.55. The van der Waals surface area contributed by atoms with Crippen molar-refractivity contribution < 1.29 is 26.3 Å². The highest BCUT2D eigenvalue weighted by Crippen LogP contribution is 2.32. The number of halogens is 6. The molecule has 0 heterocycles. The summed E-state index contributed by atoms with van der Waals surface area (Å²) in [7, 11) is 0. The van der Waals surface area contributed by atoms with Gasteiger partial charge in [0.15, 0.2) is 23.3 Å². The SMILES string of the molecule is CCc1c(F)cc(F)c2c(F)c(F)c(F)c(F)c12. The van der Waals surface area contributed by atoms with Crippen LogP contribution in [-0.2, 0) is 6.42 Å². The molecule has 0 N–H and O–H groups in total. The van der Waals surface area contributed by atoms with Crippen LogP contribution in [0.4, 0.5) is 26.3 Å². The van der Waals surface area contributed by atoms with Gasteiger partial charge in [0.1, 0.15) is 11.6 Å². The molecule has 0 aliphatic rings. The first-order chi connectivity index (χ1) is 8.40. The van der Waals surface area contributed by atoms with Crippen LogP contribution in [0.2, 0.25) is 0 Å². The van der Waals surface area contributed by atoms with Crippen LogP contribution in [0.5, 0.6) is 0 Å². The number of fused-ring (bicyclic) bond motifs is 1. The summed E-state index contributed by atoms with van der Waals surface area (Å²) in [4.78, 5) is 0. The minimum atomic E-state index is -2.12. The van der Waals surface area contributed by atoms with Crippen molar-refractivity contribution in [2.75, 3.05) is 0 Å². The number of benzene rings is 2. The summed E-state index contributed by atoms with van der Waals surface area (Å²) in [6.45, 7) is 1.40. The largest absolute Gasteiger partial charge is 0.207 e. The Morgan fingerprint density at radius 1 is 0.722 bits per heavy atom. The van der Waals surface area contributed by atoms with Crippen molar-refractivity contribution in [3.63, 3.8) is 0 Å². The van der Waals surface area contributed by atoms with Crippen LogP contribution < -0.4 is 0 Å². The number of hydrogen-bond donors (Lipinski definition) is 0. The molecule has 2 aromatic carbocycles. The van der Waals surface area contributed by atoms with E-state index in [9.17, 15) is 26.3 Å². The predicted molar refractivity (Wildman–Crippen MR) is 53.1 cm³/mol. The lowest BCUT2D eigenvalue weighted by Gasteiger charge is -2.10. The molecule has 0 aliphatic carbocycles. The third-order valence-corrected chi connectivity index (χ3v) is 2.70. The number of hydrogen-bond acceptors (Lipinski definition) is 0. The summed E-state index contributed by atoms with van der Waals surface area (Å²) in [6, 6.07) is 0.320. The molecule has 0 atom stereocenters. The maximum atomic E-state index is 13.5. The summed E-state index contributed by atoms with van der Waals surface area (Å²) in [5, 5.41) is -1.98. The highest BCUT2D eigenvalue weighted by molar-refractivity contribution is 5.88. The van der Waals surface area contributed by atoms with Crippen LogP contribution in [0.25, 0.3) is 10.8 Å². The second-order valence-corrected chi connectivity index (χ2v) is 3.68. The van der Waals surface area contributed by atoms with Gasteiger partial charge in [0.2, 0.25) is 0 Å². The van der Waals surface area contributed by atoms with Gasteiger partial charge < -0.3 is 0 Å². The van der Waals surface area contributed by atoms with Gasteiger partial charge in [-0.2, -0.15) is 0 Å². The average molecular weight is 264 g/mol. The lowest BCUT2D eigenvalue weighted by molar-refractivity contribution is 0.415. The highest BCUT2D eigenvalue weighted by Gasteiger charge is 2.26. The molecule has 0 aliphatic heterocycles. The highest BCUT2D eigenvalue weighted by atomic mass is 19.2.